The van der Waals surface area contributed by atoms with E-state index in [9.17, 15) is 0 Å². The maximum atomic E-state index is 8.51. The Hall–Kier alpha value is -0.600. The molecule has 0 heterocycles. The van der Waals surface area contributed by atoms with Gasteiger partial charge in [-0.1, -0.05) is 12.2 Å². The van der Waals surface area contributed by atoms with Crippen molar-refractivity contribution in [1.82, 2.24) is 0 Å². The zero-order chi connectivity index (χ0) is 9.23. The maximum Gasteiger partial charge on any atom is 0.0754 e. The summed E-state index contributed by atoms with van der Waals surface area (Å²) in [6.45, 7) is 7.77. The monoisotopic (exact) mass is 170 g/mol. The number of hydrogen-bond donors (Lipinski definition) is 1. The lowest BCUT2D eigenvalue weighted by molar-refractivity contribution is 0.0496. The molecule has 2 heteroatoms. The molecule has 0 aromatic rings. The van der Waals surface area contributed by atoms with E-state index in [1.54, 1.807) is 6.08 Å². The van der Waals surface area contributed by atoms with Crippen molar-refractivity contribution in [3.63, 3.8) is 0 Å². The number of ether oxygens (including phenoxy) is 1. The van der Waals surface area contributed by atoms with Gasteiger partial charge in [-0.05, 0) is 19.3 Å². The van der Waals surface area contributed by atoms with Crippen molar-refractivity contribution < 1.29 is 9.84 Å². The highest BCUT2D eigenvalue weighted by Crippen LogP contribution is 2.05. The average Bonchev–Trinajstić information content (AvgIpc) is 2.11. The van der Waals surface area contributed by atoms with Crippen molar-refractivity contribution >= 4 is 0 Å². The van der Waals surface area contributed by atoms with E-state index in [4.69, 9.17) is 9.84 Å². The first-order chi connectivity index (χ1) is 5.85. The van der Waals surface area contributed by atoms with Gasteiger partial charge in [0.1, 0.15) is 0 Å². The Bertz CT molecular complexity index is 121. The van der Waals surface area contributed by atoms with Gasteiger partial charge in [-0.15, -0.1) is 13.2 Å². The summed E-state index contributed by atoms with van der Waals surface area (Å²) in [5.74, 6) is 0. The van der Waals surface area contributed by atoms with E-state index in [2.05, 4.69) is 13.2 Å². The predicted molar refractivity (Wildman–Crippen MR) is 51.1 cm³/mol. The SMILES string of the molecule is C=CCCCC(C=C)OCCO. The minimum atomic E-state index is 0.0752. The molecule has 0 aliphatic carbocycles. The van der Waals surface area contributed by atoms with Crippen LogP contribution in [0.4, 0.5) is 0 Å². The van der Waals surface area contributed by atoms with Crippen LogP contribution < -0.4 is 0 Å². The Morgan fingerprint density at radius 3 is 2.67 bits per heavy atom. The van der Waals surface area contributed by atoms with Crippen LogP contribution >= 0.6 is 0 Å². The zero-order valence-electron chi connectivity index (χ0n) is 7.54. The molecule has 0 fully saturated rings. The summed E-state index contributed by atoms with van der Waals surface area (Å²) < 4.78 is 5.28. The summed E-state index contributed by atoms with van der Waals surface area (Å²) in [5.41, 5.74) is 0. The van der Waals surface area contributed by atoms with Crippen LogP contribution in [0.15, 0.2) is 25.3 Å². The summed E-state index contributed by atoms with van der Waals surface area (Å²) >= 11 is 0. The molecule has 0 bridgehead atoms. The third-order valence-electron chi connectivity index (χ3n) is 1.58. The quantitative estimate of drug-likeness (QED) is 0.445. The molecule has 0 spiro atoms. The highest BCUT2D eigenvalue weighted by atomic mass is 16.5. The van der Waals surface area contributed by atoms with E-state index in [1.165, 1.54) is 0 Å². The Morgan fingerprint density at radius 1 is 1.42 bits per heavy atom. The molecule has 0 aliphatic heterocycles. The summed E-state index contributed by atoms with van der Waals surface area (Å²) in [7, 11) is 0. The molecule has 0 amide bonds. The lowest BCUT2D eigenvalue weighted by Crippen LogP contribution is -2.12. The van der Waals surface area contributed by atoms with Crippen LogP contribution in [0.2, 0.25) is 0 Å². The van der Waals surface area contributed by atoms with Crippen molar-refractivity contribution in [2.75, 3.05) is 13.2 Å². The largest absolute Gasteiger partial charge is 0.394 e. The van der Waals surface area contributed by atoms with Gasteiger partial charge in [0.05, 0.1) is 19.3 Å². The predicted octanol–water partition coefficient (Wildman–Crippen LogP) is 1.91. The summed E-state index contributed by atoms with van der Waals surface area (Å²) in [5, 5.41) is 8.51. The second-order valence-corrected chi connectivity index (χ2v) is 2.59. The van der Waals surface area contributed by atoms with Crippen LogP contribution in [-0.2, 0) is 4.74 Å². The lowest BCUT2D eigenvalue weighted by Gasteiger charge is -2.11. The van der Waals surface area contributed by atoms with Gasteiger partial charge >= 0.3 is 0 Å². The number of hydrogen-bond acceptors (Lipinski definition) is 2. The second kappa shape index (κ2) is 8.50. The van der Waals surface area contributed by atoms with Gasteiger partial charge in [-0.3, -0.25) is 0 Å². The van der Waals surface area contributed by atoms with Crippen molar-refractivity contribution in [1.29, 1.82) is 0 Å². The molecule has 0 aromatic carbocycles. The van der Waals surface area contributed by atoms with Crippen LogP contribution in [0.25, 0.3) is 0 Å². The molecule has 1 atom stereocenters. The number of rotatable bonds is 8. The summed E-state index contributed by atoms with van der Waals surface area (Å²) in [6, 6.07) is 0. The molecule has 0 rings (SSSR count). The molecule has 70 valence electrons. The highest BCUT2D eigenvalue weighted by Gasteiger charge is 2.01. The van der Waals surface area contributed by atoms with Crippen LogP contribution in [0.1, 0.15) is 19.3 Å². The first-order valence-electron chi connectivity index (χ1n) is 4.31. The summed E-state index contributed by atoms with van der Waals surface area (Å²) in [6.07, 6.45) is 6.77. The fourth-order valence-corrected chi connectivity index (χ4v) is 0.937. The van der Waals surface area contributed by atoms with E-state index in [-0.39, 0.29) is 12.7 Å². The molecule has 0 saturated carbocycles. The molecular formula is C10H18O2. The smallest absolute Gasteiger partial charge is 0.0754 e. The van der Waals surface area contributed by atoms with Gasteiger partial charge < -0.3 is 9.84 Å². The Kier molecular flexibility index (Phi) is 8.07. The maximum absolute atomic E-state index is 8.51. The third kappa shape index (κ3) is 6.13. The average molecular weight is 170 g/mol. The van der Waals surface area contributed by atoms with Crippen LogP contribution in [0, 0.1) is 0 Å². The minimum Gasteiger partial charge on any atom is -0.394 e. The second-order valence-electron chi connectivity index (χ2n) is 2.59. The zero-order valence-corrected chi connectivity index (χ0v) is 7.54. The van der Waals surface area contributed by atoms with Gasteiger partial charge in [0.15, 0.2) is 0 Å². The fourth-order valence-electron chi connectivity index (χ4n) is 0.937. The van der Waals surface area contributed by atoms with Gasteiger partial charge in [0.2, 0.25) is 0 Å². The molecule has 0 aromatic heterocycles. The molecule has 1 N–H and O–H groups in total. The normalized spacial score (nSPS) is 12.4. The summed E-state index contributed by atoms with van der Waals surface area (Å²) in [4.78, 5) is 0. The van der Waals surface area contributed by atoms with Gasteiger partial charge in [0, 0.05) is 0 Å². The molecule has 0 aliphatic rings. The van der Waals surface area contributed by atoms with E-state index >= 15 is 0 Å². The first kappa shape index (κ1) is 11.4. The van der Waals surface area contributed by atoms with Gasteiger partial charge in [-0.2, -0.15) is 0 Å². The molecule has 0 radical (unpaired) electrons. The van der Waals surface area contributed by atoms with Gasteiger partial charge in [-0.25, -0.2) is 0 Å². The van der Waals surface area contributed by atoms with E-state index < -0.39 is 0 Å². The number of aliphatic hydroxyl groups excluding tert-OH is 1. The Morgan fingerprint density at radius 2 is 2.17 bits per heavy atom. The van der Waals surface area contributed by atoms with E-state index in [0.29, 0.717) is 6.61 Å². The van der Waals surface area contributed by atoms with Crippen molar-refractivity contribution in [2.24, 2.45) is 0 Å². The minimum absolute atomic E-state index is 0.0752. The van der Waals surface area contributed by atoms with Crippen molar-refractivity contribution in [3.8, 4) is 0 Å². The Balaban J connectivity index is 3.38. The standard InChI is InChI=1S/C10H18O2/c1-3-5-6-7-10(4-2)12-9-8-11/h3-4,10-11H,1-2,5-9H2. The molecule has 1 unspecified atom stereocenters. The van der Waals surface area contributed by atoms with Crippen molar-refractivity contribution in [3.05, 3.63) is 25.3 Å². The number of allylic oxidation sites excluding steroid dienone is 1. The van der Waals surface area contributed by atoms with Gasteiger partial charge in [0.25, 0.3) is 0 Å². The lowest BCUT2D eigenvalue weighted by atomic mass is 10.1. The molecular weight excluding hydrogens is 152 g/mol. The molecule has 2 nitrogen and oxygen atoms in total. The molecule has 0 saturated heterocycles. The molecule has 12 heavy (non-hydrogen) atoms. The van der Waals surface area contributed by atoms with Crippen LogP contribution in [0.5, 0.6) is 0 Å². The van der Waals surface area contributed by atoms with Crippen LogP contribution in [-0.4, -0.2) is 24.4 Å². The van der Waals surface area contributed by atoms with E-state index in [0.717, 1.165) is 19.3 Å². The fraction of sp³-hybridized carbons (Fsp3) is 0.600. The number of unbranched alkanes of at least 4 members (excludes halogenated alkanes) is 1. The van der Waals surface area contributed by atoms with Crippen LogP contribution in [0.3, 0.4) is 0 Å². The highest BCUT2D eigenvalue weighted by molar-refractivity contribution is 4.80. The van der Waals surface area contributed by atoms with E-state index in [1.807, 2.05) is 6.08 Å². The first-order valence-corrected chi connectivity index (χ1v) is 4.31. The Labute approximate surface area is 74.6 Å². The number of aliphatic hydroxyl groups is 1. The van der Waals surface area contributed by atoms with Crippen molar-refractivity contribution in [2.45, 2.75) is 25.4 Å². The third-order valence-corrected chi connectivity index (χ3v) is 1.58. The topological polar surface area (TPSA) is 29.5 Å².